The van der Waals surface area contributed by atoms with Gasteiger partial charge in [-0.15, -0.1) is 0 Å². The van der Waals surface area contributed by atoms with Crippen molar-refractivity contribution in [2.75, 3.05) is 0 Å². The first kappa shape index (κ1) is 14.5. The quantitative estimate of drug-likeness (QED) is 0.680. The Hall–Kier alpha value is -3.44. The third-order valence-electron chi connectivity index (χ3n) is 3.49. The molecule has 5 heteroatoms. The lowest BCUT2D eigenvalue weighted by Gasteiger charge is -1.99. The highest BCUT2D eigenvalue weighted by atomic mass is 15.3. The molecule has 0 atom stereocenters. The summed E-state index contributed by atoms with van der Waals surface area (Å²) in [6.45, 7) is 3.76. The highest BCUT2D eigenvalue weighted by Crippen LogP contribution is 2.23. The molecule has 0 fully saturated rings. The summed E-state index contributed by atoms with van der Waals surface area (Å²) in [4.78, 5) is 4.39. The monoisotopic (exact) mass is 299 g/mol. The minimum Gasteiger partial charge on any atom is -0.233 e. The second-order valence-corrected chi connectivity index (χ2v) is 5.19. The van der Waals surface area contributed by atoms with Gasteiger partial charge in [0, 0.05) is 11.4 Å². The van der Waals surface area contributed by atoms with Crippen molar-refractivity contribution in [2.24, 2.45) is 0 Å². The van der Waals surface area contributed by atoms with Gasteiger partial charge >= 0.3 is 0 Å². The molecule has 0 unspecified atom stereocenters. The van der Waals surface area contributed by atoms with Gasteiger partial charge in [0.25, 0.3) is 0 Å². The van der Waals surface area contributed by atoms with Crippen molar-refractivity contribution in [3.8, 4) is 12.1 Å². The Morgan fingerprint density at radius 1 is 1.17 bits per heavy atom. The fourth-order valence-corrected chi connectivity index (χ4v) is 2.48. The van der Waals surface area contributed by atoms with Crippen molar-refractivity contribution in [2.45, 2.75) is 13.8 Å². The molecule has 23 heavy (non-hydrogen) atoms. The van der Waals surface area contributed by atoms with Crippen molar-refractivity contribution >= 4 is 17.3 Å². The average Bonchev–Trinajstić information content (AvgIpc) is 2.92. The number of allylic oxidation sites excluding steroid dienone is 1. The van der Waals surface area contributed by atoms with E-state index < -0.39 is 0 Å². The standard InChI is InChI=1S/C18H13N5/c1-12-8-13(2)23-18(21-12)16(11-20)17(22-23)15(10-19)9-14-6-4-3-5-7-14/h3-9H,1-2H3/b15-9+. The third kappa shape index (κ3) is 2.56. The van der Waals surface area contributed by atoms with E-state index in [1.807, 2.05) is 50.2 Å². The number of aryl methyl sites for hydroxylation is 2. The van der Waals surface area contributed by atoms with Gasteiger partial charge in [-0.3, -0.25) is 0 Å². The van der Waals surface area contributed by atoms with E-state index in [9.17, 15) is 10.5 Å². The Bertz CT molecular complexity index is 998. The summed E-state index contributed by atoms with van der Waals surface area (Å²) in [5.74, 6) is 0. The number of hydrogen-bond donors (Lipinski definition) is 0. The molecule has 0 N–H and O–H groups in total. The molecule has 0 spiro atoms. The van der Waals surface area contributed by atoms with Crippen molar-refractivity contribution in [3.05, 3.63) is 64.6 Å². The fourth-order valence-electron chi connectivity index (χ4n) is 2.48. The summed E-state index contributed by atoms with van der Waals surface area (Å²) in [7, 11) is 0. The number of rotatable bonds is 2. The van der Waals surface area contributed by atoms with Gasteiger partial charge < -0.3 is 0 Å². The van der Waals surface area contributed by atoms with E-state index in [-0.39, 0.29) is 0 Å². The maximum atomic E-state index is 9.52. The zero-order valence-corrected chi connectivity index (χ0v) is 12.8. The molecule has 3 aromatic rings. The van der Waals surface area contributed by atoms with E-state index >= 15 is 0 Å². The first-order chi connectivity index (χ1) is 11.1. The molecule has 0 bridgehead atoms. The molecule has 0 aliphatic heterocycles. The molecule has 0 amide bonds. The lowest BCUT2D eigenvalue weighted by molar-refractivity contribution is 0.880. The third-order valence-corrected chi connectivity index (χ3v) is 3.49. The number of nitriles is 2. The zero-order chi connectivity index (χ0) is 16.4. The zero-order valence-electron chi connectivity index (χ0n) is 12.8. The van der Waals surface area contributed by atoms with Gasteiger partial charge in [-0.1, -0.05) is 30.3 Å². The highest BCUT2D eigenvalue weighted by molar-refractivity contribution is 5.91. The molecule has 0 saturated heterocycles. The smallest absolute Gasteiger partial charge is 0.174 e. The summed E-state index contributed by atoms with van der Waals surface area (Å²) in [5, 5.41) is 23.5. The van der Waals surface area contributed by atoms with E-state index in [2.05, 4.69) is 22.2 Å². The number of fused-ring (bicyclic) bond motifs is 1. The Kier molecular flexibility index (Phi) is 3.62. The fraction of sp³-hybridized carbons (Fsp3) is 0.111. The van der Waals surface area contributed by atoms with Gasteiger partial charge in [-0.25, -0.2) is 9.50 Å². The molecule has 5 nitrogen and oxygen atoms in total. The van der Waals surface area contributed by atoms with Crippen molar-refractivity contribution in [1.29, 1.82) is 10.5 Å². The van der Waals surface area contributed by atoms with Crippen molar-refractivity contribution in [1.82, 2.24) is 14.6 Å². The van der Waals surface area contributed by atoms with Crippen LogP contribution in [-0.2, 0) is 0 Å². The lowest BCUT2D eigenvalue weighted by Crippen LogP contribution is -1.97. The van der Waals surface area contributed by atoms with E-state index in [0.29, 0.717) is 22.5 Å². The van der Waals surface area contributed by atoms with E-state index in [4.69, 9.17) is 0 Å². The minimum atomic E-state index is 0.320. The van der Waals surface area contributed by atoms with Crippen LogP contribution in [0.15, 0.2) is 36.4 Å². The van der Waals surface area contributed by atoms with Crippen LogP contribution < -0.4 is 0 Å². The SMILES string of the molecule is Cc1cc(C)n2nc(/C(C#N)=C/c3ccccc3)c(C#N)c2n1. The summed E-state index contributed by atoms with van der Waals surface area (Å²) in [6, 6.07) is 15.7. The normalized spacial score (nSPS) is 11.2. The highest BCUT2D eigenvalue weighted by Gasteiger charge is 2.18. The van der Waals surface area contributed by atoms with Gasteiger partial charge in [0.2, 0.25) is 0 Å². The van der Waals surface area contributed by atoms with Gasteiger partial charge in [0.1, 0.15) is 23.4 Å². The molecule has 0 saturated carbocycles. The Balaban J connectivity index is 2.27. The first-order valence-electron chi connectivity index (χ1n) is 7.08. The first-order valence-corrected chi connectivity index (χ1v) is 7.08. The Morgan fingerprint density at radius 3 is 2.57 bits per heavy atom. The number of benzene rings is 1. The predicted molar refractivity (Wildman–Crippen MR) is 87.1 cm³/mol. The van der Waals surface area contributed by atoms with Crippen LogP contribution in [0.2, 0.25) is 0 Å². The van der Waals surface area contributed by atoms with Gasteiger partial charge in [0.05, 0.1) is 5.57 Å². The average molecular weight is 299 g/mol. The van der Waals surface area contributed by atoms with Crippen molar-refractivity contribution < 1.29 is 0 Å². The van der Waals surface area contributed by atoms with Crippen molar-refractivity contribution in [3.63, 3.8) is 0 Å². The Morgan fingerprint density at radius 2 is 1.91 bits per heavy atom. The van der Waals surface area contributed by atoms with Crippen LogP contribution in [0.25, 0.3) is 17.3 Å². The van der Waals surface area contributed by atoms with E-state index in [1.54, 1.807) is 10.6 Å². The van der Waals surface area contributed by atoms with Crippen LogP contribution in [0, 0.1) is 36.5 Å². The van der Waals surface area contributed by atoms with Gasteiger partial charge in [-0.05, 0) is 31.6 Å². The molecular weight excluding hydrogens is 286 g/mol. The minimum absolute atomic E-state index is 0.320. The summed E-state index contributed by atoms with van der Waals surface area (Å²) in [5.41, 5.74) is 4.06. The molecule has 0 radical (unpaired) electrons. The van der Waals surface area contributed by atoms with Gasteiger partial charge in [-0.2, -0.15) is 15.6 Å². The van der Waals surface area contributed by atoms with Crippen LogP contribution in [0.1, 0.15) is 28.2 Å². The molecule has 2 heterocycles. The molecule has 0 aliphatic rings. The van der Waals surface area contributed by atoms with Gasteiger partial charge in [0.15, 0.2) is 5.65 Å². The summed E-state index contributed by atoms with van der Waals surface area (Å²) < 4.78 is 1.61. The predicted octanol–water partition coefficient (Wildman–Crippen LogP) is 3.28. The number of aromatic nitrogens is 3. The van der Waals surface area contributed by atoms with E-state index in [0.717, 1.165) is 17.0 Å². The maximum absolute atomic E-state index is 9.52. The van der Waals surface area contributed by atoms with Crippen LogP contribution in [0.4, 0.5) is 0 Å². The second-order valence-electron chi connectivity index (χ2n) is 5.19. The lowest BCUT2D eigenvalue weighted by atomic mass is 10.1. The van der Waals surface area contributed by atoms with Crippen LogP contribution >= 0.6 is 0 Å². The molecule has 3 rings (SSSR count). The molecular formula is C18H13N5. The maximum Gasteiger partial charge on any atom is 0.174 e. The van der Waals surface area contributed by atoms with E-state index in [1.165, 1.54) is 0 Å². The van der Waals surface area contributed by atoms with Crippen LogP contribution in [0.3, 0.4) is 0 Å². The molecule has 1 aromatic carbocycles. The second kappa shape index (κ2) is 5.75. The number of nitrogens with zero attached hydrogens (tertiary/aromatic N) is 5. The Labute approximate surface area is 133 Å². The largest absolute Gasteiger partial charge is 0.233 e. The van der Waals surface area contributed by atoms with Crippen LogP contribution in [0.5, 0.6) is 0 Å². The summed E-state index contributed by atoms with van der Waals surface area (Å²) >= 11 is 0. The molecule has 2 aromatic heterocycles. The summed E-state index contributed by atoms with van der Waals surface area (Å²) in [6.07, 6.45) is 1.73. The molecule has 110 valence electrons. The molecule has 0 aliphatic carbocycles. The number of hydrogen-bond acceptors (Lipinski definition) is 4. The van der Waals surface area contributed by atoms with Crippen LogP contribution in [-0.4, -0.2) is 14.6 Å². The topological polar surface area (TPSA) is 77.8 Å².